The Hall–Kier alpha value is -3.96. The number of nitrogens with zero attached hydrogens (tertiary/aromatic N) is 6. The maximum absolute atomic E-state index is 11.9. The first-order chi connectivity index (χ1) is 14.9. The quantitative estimate of drug-likeness (QED) is 0.338. The lowest BCUT2D eigenvalue weighted by Gasteiger charge is -2.10. The molecule has 5 rings (SSSR count). The molecule has 0 aromatic carbocycles. The first-order valence-electron chi connectivity index (χ1n) is 9.98. The number of urea groups is 1. The fourth-order valence-corrected chi connectivity index (χ4v) is 3.46. The Labute approximate surface area is 177 Å². The monoisotopic (exact) mass is 422 g/mol. The molecule has 0 bridgehead atoms. The summed E-state index contributed by atoms with van der Waals surface area (Å²) in [5, 5.41) is 20.1. The zero-order valence-electron chi connectivity index (χ0n) is 17.4. The van der Waals surface area contributed by atoms with Gasteiger partial charge < -0.3 is 16.0 Å². The second-order valence-corrected chi connectivity index (χ2v) is 7.72. The molecule has 4 N–H and O–H groups in total. The molecule has 1 aliphatic carbocycles. The lowest BCUT2D eigenvalue weighted by Crippen LogP contribution is -2.22. The maximum atomic E-state index is 11.9. The Morgan fingerprint density at radius 3 is 2.68 bits per heavy atom. The summed E-state index contributed by atoms with van der Waals surface area (Å²) in [5.41, 5.74) is 4.35. The van der Waals surface area contributed by atoms with E-state index < -0.39 is 11.9 Å². The number of fused-ring (bicyclic) bond motifs is 1. The lowest BCUT2D eigenvalue weighted by molar-refractivity contribution is -0.115. The van der Waals surface area contributed by atoms with Crippen LogP contribution in [0, 0.1) is 13.8 Å². The van der Waals surface area contributed by atoms with Gasteiger partial charge in [0.2, 0.25) is 11.9 Å². The van der Waals surface area contributed by atoms with Gasteiger partial charge in [-0.05, 0) is 32.8 Å². The number of hydrogen-bond acceptors (Lipinski definition) is 8. The smallest absolute Gasteiger partial charge is 0.326 e. The van der Waals surface area contributed by atoms with Crippen LogP contribution < -0.4 is 21.3 Å². The number of anilines is 2. The van der Waals surface area contributed by atoms with E-state index in [1.54, 1.807) is 16.8 Å². The van der Waals surface area contributed by atoms with Gasteiger partial charge >= 0.3 is 6.03 Å². The van der Waals surface area contributed by atoms with E-state index in [-0.39, 0.29) is 5.70 Å². The molecule has 0 atom stereocenters. The summed E-state index contributed by atoms with van der Waals surface area (Å²) in [7, 11) is 1.91. The molecule has 12 nitrogen and oxygen atoms in total. The van der Waals surface area contributed by atoms with E-state index in [0.29, 0.717) is 35.7 Å². The molecule has 1 aliphatic heterocycles. The van der Waals surface area contributed by atoms with E-state index in [9.17, 15) is 9.59 Å². The van der Waals surface area contributed by atoms with Crippen molar-refractivity contribution >= 4 is 35.6 Å². The molecule has 2 fully saturated rings. The molecule has 12 heteroatoms. The van der Waals surface area contributed by atoms with Crippen LogP contribution >= 0.6 is 0 Å². The number of imide groups is 1. The summed E-state index contributed by atoms with van der Waals surface area (Å²) in [6.45, 7) is 4.51. The van der Waals surface area contributed by atoms with Gasteiger partial charge in [0.25, 0.3) is 5.91 Å². The van der Waals surface area contributed by atoms with Gasteiger partial charge in [-0.3, -0.25) is 14.8 Å². The number of nitrogens with one attached hydrogen (secondary N) is 4. The number of hydrogen-bond donors (Lipinski definition) is 4. The van der Waals surface area contributed by atoms with Crippen LogP contribution in [-0.4, -0.2) is 47.3 Å². The van der Waals surface area contributed by atoms with Crippen molar-refractivity contribution in [1.29, 1.82) is 0 Å². The van der Waals surface area contributed by atoms with E-state index in [4.69, 9.17) is 0 Å². The molecule has 31 heavy (non-hydrogen) atoms. The van der Waals surface area contributed by atoms with Gasteiger partial charge in [-0.2, -0.15) is 24.7 Å². The predicted octanol–water partition coefficient (Wildman–Crippen LogP) is 0.841. The highest BCUT2D eigenvalue weighted by Crippen LogP contribution is 2.26. The van der Waals surface area contributed by atoms with Gasteiger partial charge in [-0.25, -0.2) is 4.79 Å². The molecule has 3 aromatic heterocycles. The molecule has 4 heterocycles. The van der Waals surface area contributed by atoms with Crippen LogP contribution in [0.15, 0.2) is 11.9 Å². The lowest BCUT2D eigenvalue weighted by atomic mass is 10.2. The Morgan fingerprint density at radius 2 is 2.03 bits per heavy atom. The SMILES string of the molecule is Cc1nn(C)c(C)c1CNc1nc(NC2CC2)n2ncc(/C=C3\NC(=O)NC3=O)c2n1. The number of aryl methyl sites for hydroxylation is 2. The number of amides is 3. The largest absolute Gasteiger partial charge is 0.351 e. The highest BCUT2D eigenvalue weighted by molar-refractivity contribution is 6.14. The van der Waals surface area contributed by atoms with E-state index >= 15 is 0 Å². The molecular formula is C19H22N10O2. The van der Waals surface area contributed by atoms with E-state index in [2.05, 4.69) is 41.4 Å². The second kappa shape index (κ2) is 7.07. The molecule has 160 valence electrons. The van der Waals surface area contributed by atoms with Gasteiger partial charge in [0, 0.05) is 36.5 Å². The van der Waals surface area contributed by atoms with Crippen molar-refractivity contribution in [3.05, 3.63) is 34.4 Å². The fourth-order valence-electron chi connectivity index (χ4n) is 3.46. The van der Waals surface area contributed by atoms with Crippen molar-refractivity contribution in [3.8, 4) is 0 Å². The highest BCUT2D eigenvalue weighted by Gasteiger charge is 2.26. The molecule has 3 aromatic rings. The minimum absolute atomic E-state index is 0.145. The van der Waals surface area contributed by atoms with Crippen molar-refractivity contribution in [1.82, 2.24) is 40.0 Å². The summed E-state index contributed by atoms with van der Waals surface area (Å²) in [5.74, 6) is 0.508. The minimum Gasteiger partial charge on any atom is -0.351 e. The van der Waals surface area contributed by atoms with Crippen molar-refractivity contribution in [2.24, 2.45) is 7.05 Å². The van der Waals surface area contributed by atoms with Gasteiger partial charge in [0.05, 0.1) is 11.9 Å². The first-order valence-corrected chi connectivity index (χ1v) is 9.98. The predicted molar refractivity (Wildman–Crippen MR) is 112 cm³/mol. The molecule has 1 saturated carbocycles. The third kappa shape index (κ3) is 3.56. The van der Waals surface area contributed by atoms with Crippen LogP contribution in [0.4, 0.5) is 16.7 Å². The summed E-state index contributed by atoms with van der Waals surface area (Å²) >= 11 is 0. The number of carbonyl (C=O) groups is 2. The summed E-state index contributed by atoms with van der Waals surface area (Å²) < 4.78 is 3.45. The van der Waals surface area contributed by atoms with Crippen LogP contribution in [-0.2, 0) is 18.4 Å². The van der Waals surface area contributed by atoms with Gasteiger partial charge in [0.1, 0.15) is 5.70 Å². The van der Waals surface area contributed by atoms with Crippen molar-refractivity contribution in [2.45, 2.75) is 39.3 Å². The number of rotatable bonds is 6. The molecule has 1 saturated heterocycles. The van der Waals surface area contributed by atoms with E-state index in [0.717, 1.165) is 29.8 Å². The zero-order valence-corrected chi connectivity index (χ0v) is 17.4. The Balaban J connectivity index is 1.51. The fraction of sp³-hybridized carbons (Fsp3) is 0.368. The number of aromatic nitrogens is 6. The average molecular weight is 422 g/mol. The van der Waals surface area contributed by atoms with Gasteiger partial charge in [0.15, 0.2) is 5.65 Å². The summed E-state index contributed by atoms with van der Waals surface area (Å²) in [6.07, 6.45) is 5.29. The summed E-state index contributed by atoms with van der Waals surface area (Å²) in [6, 6.07) is -0.192. The Bertz CT molecular complexity index is 1250. The van der Waals surface area contributed by atoms with Crippen LogP contribution in [0.3, 0.4) is 0 Å². The Kier molecular flexibility index (Phi) is 4.34. The summed E-state index contributed by atoms with van der Waals surface area (Å²) in [4.78, 5) is 32.5. The second-order valence-electron chi connectivity index (χ2n) is 7.72. The normalized spacial score (nSPS) is 17.3. The molecule has 2 aliphatic rings. The average Bonchev–Trinajstić information content (AvgIpc) is 3.28. The minimum atomic E-state index is -0.553. The van der Waals surface area contributed by atoms with Crippen molar-refractivity contribution < 1.29 is 9.59 Å². The van der Waals surface area contributed by atoms with Crippen LogP contribution in [0.1, 0.15) is 35.4 Å². The standard InChI is InChI=1S/C19H22N10O2/c1-9-13(10(2)28(3)27-9)8-20-17-24-15-11(6-14-16(30)25-19(31)23-14)7-21-29(15)18(26-17)22-12-4-5-12/h6-7,12H,4-5,8H2,1-3H3,(H2,20,22,24,26)(H2,23,25,30,31)/b14-6-. The van der Waals surface area contributed by atoms with Crippen molar-refractivity contribution in [2.75, 3.05) is 10.6 Å². The van der Waals surface area contributed by atoms with E-state index in [1.807, 2.05) is 25.6 Å². The topological polar surface area (TPSA) is 143 Å². The number of carbonyl (C=O) groups excluding carboxylic acids is 2. The van der Waals surface area contributed by atoms with Gasteiger partial charge in [-0.1, -0.05) is 0 Å². The molecule has 0 radical (unpaired) electrons. The van der Waals surface area contributed by atoms with Crippen molar-refractivity contribution in [3.63, 3.8) is 0 Å². The zero-order chi connectivity index (χ0) is 21.7. The van der Waals surface area contributed by atoms with Crippen LogP contribution in [0.25, 0.3) is 11.7 Å². The highest BCUT2D eigenvalue weighted by atomic mass is 16.2. The van der Waals surface area contributed by atoms with Crippen LogP contribution in [0.2, 0.25) is 0 Å². The molecule has 0 spiro atoms. The Morgan fingerprint density at radius 1 is 1.23 bits per heavy atom. The first kappa shape index (κ1) is 19.0. The van der Waals surface area contributed by atoms with Gasteiger partial charge in [-0.15, -0.1) is 0 Å². The van der Waals surface area contributed by atoms with E-state index in [1.165, 1.54) is 0 Å². The third-order valence-corrected chi connectivity index (χ3v) is 5.41. The van der Waals surface area contributed by atoms with Crippen LogP contribution in [0.5, 0.6) is 0 Å². The molecular weight excluding hydrogens is 400 g/mol. The molecule has 0 unspecified atom stereocenters. The third-order valence-electron chi connectivity index (χ3n) is 5.41. The molecule has 3 amide bonds. The maximum Gasteiger partial charge on any atom is 0.326 e.